The molecule has 0 aliphatic carbocycles. The minimum absolute atomic E-state index is 0.467. The maximum atomic E-state index is 5.92. The standard InChI is InChI=1S/C17H16BrNO/c1-10(2)13-8-14(18)16-15(9-13)19-17(20-16)12-6-4-5-11(3)7-12/h4-10H,1-3H3. The lowest BCUT2D eigenvalue weighted by atomic mass is 10.0. The highest BCUT2D eigenvalue weighted by Crippen LogP contribution is 2.32. The van der Waals surface area contributed by atoms with Crippen LogP contribution in [-0.2, 0) is 0 Å². The van der Waals surface area contributed by atoms with Gasteiger partial charge in [-0.25, -0.2) is 4.98 Å². The molecule has 0 radical (unpaired) electrons. The number of hydrogen-bond donors (Lipinski definition) is 0. The van der Waals surface area contributed by atoms with Gasteiger partial charge >= 0.3 is 0 Å². The van der Waals surface area contributed by atoms with Crippen molar-refractivity contribution in [3.8, 4) is 11.5 Å². The summed E-state index contributed by atoms with van der Waals surface area (Å²) in [6.07, 6.45) is 0. The molecule has 0 saturated carbocycles. The van der Waals surface area contributed by atoms with E-state index in [-0.39, 0.29) is 0 Å². The number of nitrogens with zero attached hydrogens (tertiary/aromatic N) is 1. The molecule has 0 unspecified atom stereocenters. The SMILES string of the molecule is Cc1cccc(-c2nc3cc(C(C)C)cc(Br)c3o2)c1. The molecule has 2 nitrogen and oxygen atoms in total. The highest BCUT2D eigenvalue weighted by molar-refractivity contribution is 9.10. The molecule has 2 aromatic carbocycles. The van der Waals surface area contributed by atoms with Crippen LogP contribution in [0.2, 0.25) is 0 Å². The number of hydrogen-bond acceptors (Lipinski definition) is 2. The maximum absolute atomic E-state index is 5.92. The summed E-state index contributed by atoms with van der Waals surface area (Å²) in [6.45, 7) is 6.42. The Morgan fingerprint density at radius 1 is 1.15 bits per heavy atom. The molecule has 102 valence electrons. The second-order valence-corrected chi connectivity index (χ2v) is 6.25. The summed E-state index contributed by atoms with van der Waals surface area (Å²) >= 11 is 3.58. The molecule has 0 amide bonds. The van der Waals surface area contributed by atoms with Crippen LogP contribution in [0.1, 0.15) is 30.9 Å². The van der Waals surface area contributed by atoms with Gasteiger partial charge in [-0.1, -0.05) is 31.5 Å². The average molecular weight is 330 g/mol. The van der Waals surface area contributed by atoms with Gasteiger partial charge in [-0.3, -0.25) is 0 Å². The van der Waals surface area contributed by atoms with Gasteiger partial charge in [0.25, 0.3) is 0 Å². The molecule has 20 heavy (non-hydrogen) atoms. The third-order valence-corrected chi connectivity index (χ3v) is 3.99. The second-order valence-electron chi connectivity index (χ2n) is 5.39. The predicted molar refractivity (Wildman–Crippen MR) is 86.0 cm³/mol. The summed E-state index contributed by atoms with van der Waals surface area (Å²) in [5.74, 6) is 1.14. The van der Waals surface area contributed by atoms with Crippen LogP contribution in [0.15, 0.2) is 45.3 Å². The molecule has 0 N–H and O–H groups in total. The Kier molecular flexibility index (Phi) is 3.38. The largest absolute Gasteiger partial charge is 0.435 e. The van der Waals surface area contributed by atoms with E-state index in [9.17, 15) is 0 Å². The van der Waals surface area contributed by atoms with Gasteiger partial charge in [0.15, 0.2) is 5.58 Å². The lowest BCUT2D eigenvalue weighted by Crippen LogP contribution is -1.87. The van der Waals surface area contributed by atoms with Crippen molar-refractivity contribution in [2.24, 2.45) is 0 Å². The Morgan fingerprint density at radius 2 is 1.95 bits per heavy atom. The highest BCUT2D eigenvalue weighted by Gasteiger charge is 2.13. The van der Waals surface area contributed by atoms with Crippen molar-refractivity contribution < 1.29 is 4.42 Å². The Balaban J connectivity index is 2.18. The summed E-state index contributed by atoms with van der Waals surface area (Å²) in [5, 5.41) is 0. The zero-order valence-corrected chi connectivity index (χ0v) is 13.4. The van der Waals surface area contributed by atoms with Crippen LogP contribution >= 0.6 is 15.9 Å². The topological polar surface area (TPSA) is 26.0 Å². The lowest BCUT2D eigenvalue weighted by Gasteiger charge is -2.04. The molecule has 0 aliphatic rings. The first kappa shape index (κ1) is 13.4. The van der Waals surface area contributed by atoms with E-state index in [2.05, 4.69) is 66.0 Å². The van der Waals surface area contributed by atoms with E-state index < -0.39 is 0 Å². The van der Waals surface area contributed by atoms with Crippen LogP contribution in [0.5, 0.6) is 0 Å². The fourth-order valence-corrected chi connectivity index (χ4v) is 2.80. The summed E-state index contributed by atoms with van der Waals surface area (Å²) < 4.78 is 6.88. The van der Waals surface area contributed by atoms with Gasteiger partial charge in [-0.15, -0.1) is 0 Å². The van der Waals surface area contributed by atoms with Crippen molar-refractivity contribution >= 4 is 27.0 Å². The third kappa shape index (κ3) is 2.38. The number of fused-ring (bicyclic) bond motifs is 1. The Morgan fingerprint density at radius 3 is 2.65 bits per heavy atom. The van der Waals surface area contributed by atoms with Crippen molar-refractivity contribution in [1.29, 1.82) is 0 Å². The smallest absolute Gasteiger partial charge is 0.227 e. The first-order valence-electron chi connectivity index (χ1n) is 6.71. The van der Waals surface area contributed by atoms with Crippen LogP contribution in [0.3, 0.4) is 0 Å². The van der Waals surface area contributed by atoms with Gasteiger partial charge in [-0.2, -0.15) is 0 Å². The first-order chi connectivity index (χ1) is 9.54. The number of benzene rings is 2. The van der Waals surface area contributed by atoms with E-state index in [1.54, 1.807) is 0 Å². The predicted octanol–water partition coefficient (Wildman–Crippen LogP) is 5.69. The van der Waals surface area contributed by atoms with E-state index in [0.717, 1.165) is 21.1 Å². The maximum Gasteiger partial charge on any atom is 0.227 e. The summed E-state index contributed by atoms with van der Waals surface area (Å²) in [6, 6.07) is 12.4. The quantitative estimate of drug-likeness (QED) is 0.603. The number of halogens is 1. The van der Waals surface area contributed by atoms with Crippen LogP contribution in [-0.4, -0.2) is 4.98 Å². The number of oxazole rings is 1. The van der Waals surface area contributed by atoms with Crippen LogP contribution in [0, 0.1) is 6.92 Å². The van der Waals surface area contributed by atoms with E-state index >= 15 is 0 Å². The van der Waals surface area contributed by atoms with Gasteiger partial charge in [0.05, 0.1) is 4.47 Å². The zero-order valence-electron chi connectivity index (χ0n) is 11.8. The van der Waals surface area contributed by atoms with Gasteiger partial charge in [-0.05, 0) is 58.6 Å². The molecular formula is C17H16BrNO. The van der Waals surface area contributed by atoms with E-state index in [4.69, 9.17) is 4.42 Å². The summed E-state index contributed by atoms with van der Waals surface area (Å²) in [4.78, 5) is 4.63. The van der Waals surface area contributed by atoms with Crippen LogP contribution in [0.25, 0.3) is 22.6 Å². The molecule has 3 rings (SSSR count). The van der Waals surface area contributed by atoms with Gasteiger partial charge in [0.2, 0.25) is 5.89 Å². The fraction of sp³-hybridized carbons (Fsp3) is 0.235. The molecule has 3 heteroatoms. The molecule has 0 bridgehead atoms. The minimum atomic E-state index is 0.467. The van der Waals surface area contributed by atoms with Crippen molar-refractivity contribution in [2.45, 2.75) is 26.7 Å². The molecule has 0 saturated heterocycles. The monoisotopic (exact) mass is 329 g/mol. The van der Waals surface area contributed by atoms with Crippen molar-refractivity contribution in [1.82, 2.24) is 4.98 Å². The van der Waals surface area contributed by atoms with Crippen molar-refractivity contribution in [3.63, 3.8) is 0 Å². The Bertz CT molecular complexity index is 774. The van der Waals surface area contributed by atoms with E-state index in [1.165, 1.54) is 11.1 Å². The molecular weight excluding hydrogens is 314 g/mol. The second kappa shape index (κ2) is 5.06. The van der Waals surface area contributed by atoms with Gasteiger partial charge in [0.1, 0.15) is 5.52 Å². The number of rotatable bonds is 2. The average Bonchev–Trinajstić information content (AvgIpc) is 2.83. The number of aromatic nitrogens is 1. The molecule has 0 aliphatic heterocycles. The molecule has 0 spiro atoms. The van der Waals surface area contributed by atoms with E-state index in [0.29, 0.717) is 11.8 Å². The lowest BCUT2D eigenvalue weighted by molar-refractivity contribution is 0.618. The number of aryl methyl sites for hydroxylation is 1. The summed E-state index contributed by atoms with van der Waals surface area (Å²) in [7, 11) is 0. The molecule has 1 aromatic heterocycles. The molecule has 3 aromatic rings. The Labute approximate surface area is 127 Å². The molecule has 0 atom stereocenters. The first-order valence-corrected chi connectivity index (χ1v) is 7.51. The summed E-state index contributed by atoms with van der Waals surface area (Å²) in [5.41, 5.74) is 5.19. The normalized spacial score (nSPS) is 11.4. The molecule has 1 heterocycles. The van der Waals surface area contributed by atoms with Crippen LogP contribution < -0.4 is 0 Å². The zero-order chi connectivity index (χ0) is 14.3. The fourth-order valence-electron chi connectivity index (χ4n) is 2.25. The molecule has 0 fully saturated rings. The third-order valence-electron chi connectivity index (χ3n) is 3.40. The highest BCUT2D eigenvalue weighted by atomic mass is 79.9. The van der Waals surface area contributed by atoms with Crippen molar-refractivity contribution in [2.75, 3.05) is 0 Å². The Hall–Kier alpha value is -1.61. The van der Waals surface area contributed by atoms with E-state index in [1.807, 2.05) is 12.1 Å². The van der Waals surface area contributed by atoms with Crippen molar-refractivity contribution in [3.05, 3.63) is 52.0 Å². The van der Waals surface area contributed by atoms with Crippen LogP contribution in [0.4, 0.5) is 0 Å². The minimum Gasteiger partial charge on any atom is -0.435 e. The van der Waals surface area contributed by atoms with Gasteiger partial charge in [0, 0.05) is 5.56 Å². The van der Waals surface area contributed by atoms with Gasteiger partial charge < -0.3 is 4.42 Å².